The molecule has 174 valence electrons. The molecule has 10 nitrogen and oxygen atoms in total. The molecule has 0 bridgehead atoms. The van der Waals surface area contributed by atoms with Gasteiger partial charge in [-0.15, -0.1) is 0 Å². The van der Waals surface area contributed by atoms with Crippen molar-refractivity contribution >= 4 is 27.0 Å². The van der Waals surface area contributed by atoms with Crippen LogP contribution in [0.15, 0.2) is 50.5 Å². The molecule has 5 rings (SSSR count). The van der Waals surface area contributed by atoms with Crippen LogP contribution in [-0.4, -0.2) is 43.1 Å². The number of hydrogen-bond acceptors (Lipinski definition) is 7. The van der Waals surface area contributed by atoms with Crippen molar-refractivity contribution in [1.29, 1.82) is 0 Å². The quantitative estimate of drug-likeness (QED) is 0.597. The summed E-state index contributed by atoms with van der Waals surface area (Å²) in [5.74, 6) is 0.435. The lowest BCUT2D eigenvalue weighted by Crippen LogP contribution is -2.42. The summed E-state index contributed by atoms with van der Waals surface area (Å²) in [5, 5.41) is 2.93. The van der Waals surface area contributed by atoms with Gasteiger partial charge >= 0.3 is 5.76 Å². The summed E-state index contributed by atoms with van der Waals surface area (Å²) in [7, 11) is -2.20. The van der Waals surface area contributed by atoms with E-state index >= 15 is 0 Å². The smallest absolute Gasteiger partial charge is 0.419 e. The normalized spacial score (nSPS) is 16.9. The highest BCUT2D eigenvalue weighted by Gasteiger charge is 2.32. The van der Waals surface area contributed by atoms with E-state index < -0.39 is 15.8 Å². The van der Waals surface area contributed by atoms with Gasteiger partial charge < -0.3 is 19.2 Å². The summed E-state index contributed by atoms with van der Waals surface area (Å²) in [4.78, 5) is 24.4. The number of nitrogens with one attached hydrogen (secondary N) is 1. The number of carbonyl (C=O) groups is 1. The van der Waals surface area contributed by atoms with E-state index in [4.69, 9.17) is 13.9 Å². The standard InChI is InChI=1S/C22H23N3O7S/c1-24-17-4-3-16(11-19(17)32-22(24)27)33(28,29)25-8-6-15(7-9-25)21(26)23-12-14-2-5-18-20(10-14)31-13-30-18/h2-5,10-11,15H,6-9,12-13H2,1H3,(H,23,26). The van der Waals surface area contributed by atoms with Gasteiger partial charge in [-0.05, 0) is 42.7 Å². The van der Waals surface area contributed by atoms with Crippen LogP contribution in [0.4, 0.5) is 0 Å². The number of benzene rings is 2. The third-order valence-electron chi connectivity index (χ3n) is 6.13. The van der Waals surface area contributed by atoms with Crippen molar-refractivity contribution in [3.05, 3.63) is 52.5 Å². The molecule has 1 N–H and O–H groups in total. The molecule has 33 heavy (non-hydrogen) atoms. The van der Waals surface area contributed by atoms with Crippen molar-refractivity contribution in [2.45, 2.75) is 24.3 Å². The highest BCUT2D eigenvalue weighted by molar-refractivity contribution is 7.89. The minimum atomic E-state index is -3.76. The van der Waals surface area contributed by atoms with Crippen LogP contribution in [-0.2, 0) is 28.4 Å². The second kappa shape index (κ2) is 8.23. The number of ether oxygens (including phenoxy) is 2. The Morgan fingerprint density at radius 3 is 2.64 bits per heavy atom. The molecule has 0 spiro atoms. The molecule has 2 aliphatic heterocycles. The SMILES string of the molecule is Cn1c(=O)oc2cc(S(=O)(=O)N3CCC(C(=O)NCc4ccc5c(c4)OCO5)CC3)ccc21. The topological polar surface area (TPSA) is 120 Å². The van der Waals surface area contributed by atoms with Crippen molar-refractivity contribution in [2.24, 2.45) is 13.0 Å². The molecule has 3 aromatic rings. The highest BCUT2D eigenvalue weighted by Crippen LogP contribution is 2.32. The molecule has 2 aromatic carbocycles. The zero-order chi connectivity index (χ0) is 23.2. The van der Waals surface area contributed by atoms with Crippen LogP contribution in [0.2, 0.25) is 0 Å². The Labute approximate surface area is 189 Å². The van der Waals surface area contributed by atoms with E-state index in [9.17, 15) is 18.0 Å². The van der Waals surface area contributed by atoms with Crippen LogP contribution in [0.5, 0.6) is 11.5 Å². The number of carbonyl (C=O) groups excluding carboxylic acids is 1. The fourth-order valence-electron chi connectivity index (χ4n) is 4.17. The zero-order valence-electron chi connectivity index (χ0n) is 17.9. The van der Waals surface area contributed by atoms with Crippen LogP contribution in [0.25, 0.3) is 11.1 Å². The Balaban J connectivity index is 1.20. The monoisotopic (exact) mass is 473 g/mol. The number of oxazole rings is 1. The van der Waals surface area contributed by atoms with E-state index in [1.54, 1.807) is 13.1 Å². The van der Waals surface area contributed by atoms with Crippen molar-refractivity contribution < 1.29 is 27.1 Å². The summed E-state index contributed by atoms with van der Waals surface area (Å²) in [6, 6.07) is 9.92. The van der Waals surface area contributed by atoms with Crippen molar-refractivity contribution in [1.82, 2.24) is 14.2 Å². The fourth-order valence-corrected chi connectivity index (χ4v) is 5.65. The largest absolute Gasteiger partial charge is 0.454 e. The summed E-state index contributed by atoms with van der Waals surface area (Å²) in [6.07, 6.45) is 0.851. The first-order chi connectivity index (χ1) is 15.8. The molecular formula is C22H23N3O7S. The summed E-state index contributed by atoms with van der Waals surface area (Å²) >= 11 is 0. The maximum atomic E-state index is 13.1. The number of rotatable bonds is 5. The van der Waals surface area contributed by atoms with Crippen molar-refractivity contribution in [3.8, 4) is 11.5 Å². The number of hydrogen-bond donors (Lipinski definition) is 1. The zero-order valence-corrected chi connectivity index (χ0v) is 18.8. The van der Waals surface area contributed by atoms with E-state index in [1.807, 2.05) is 18.2 Å². The Kier molecular flexibility index (Phi) is 5.37. The molecule has 1 fully saturated rings. The lowest BCUT2D eigenvalue weighted by Gasteiger charge is -2.30. The molecule has 2 aliphatic rings. The first kappa shape index (κ1) is 21.5. The average Bonchev–Trinajstić information content (AvgIpc) is 3.40. The molecule has 1 aromatic heterocycles. The van der Waals surface area contributed by atoms with E-state index in [1.165, 1.54) is 21.0 Å². The number of amides is 1. The molecule has 0 saturated carbocycles. The van der Waals surface area contributed by atoms with E-state index in [-0.39, 0.29) is 42.2 Å². The second-order valence-electron chi connectivity index (χ2n) is 8.14. The second-order valence-corrected chi connectivity index (χ2v) is 10.1. The van der Waals surface area contributed by atoms with Gasteiger partial charge in [-0.3, -0.25) is 9.36 Å². The lowest BCUT2D eigenvalue weighted by atomic mass is 9.97. The van der Waals surface area contributed by atoms with E-state index in [2.05, 4.69) is 5.32 Å². The Morgan fingerprint density at radius 2 is 1.85 bits per heavy atom. The molecule has 0 aliphatic carbocycles. The van der Waals surface area contributed by atoms with Crippen LogP contribution < -0.4 is 20.5 Å². The number of aromatic nitrogens is 1. The van der Waals surface area contributed by atoms with E-state index in [0.717, 1.165) is 5.56 Å². The maximum absolute atomic E-state index is 13.1. The van der Waals surface area contributed by atoms with Gasteiger partial charge in [0.15, 0.2) is 17.1 Å². The number of fused-ring (bicyclic) bond motifs is 2. The van der Waals surface area contributed by atoms with Gasteiger partial charge in [-0.25, -0.2) is 13.2 Å². The van der Waals surface area contributed by atoms with Crippen molar-refractivity contribution in [2.75, 3.05) is 19.9 Å². The van der Waals surface area contributed by atoms with Gasteiger partial charge in [0.05, 0.1) is 10.4 Å². The Hall–Kier alpha value is -3.31. The summed E-state index contributed by atoms with van der Waals surface area (Å²) in [6.45, 7) is 1.03. The van der Waals surface area contributed by atoms with Crippen molar-refractivity contribution in [3.63, 3.8) is 0 Å². The first-order valence-electron chi connectivity index (χ1n) is 10.6. The molecule has 0 atom stereocenters. The first-order valence-corrected chi connectivity index (χ1v) is 12.0. The minimum absolute atomic E-state index is 0.0649. The molecule has 1 amide bonds. The highest BCUT2D eigenvalue weighted by atomic mass is 32.2. The van der Waals surface area contributed by atoms with Gasteiger partial charge in [0.25, 0.3) is 0 Å². The molecule has 1 saturated heterocycles. The third-order valence-corrected chi connectivity index (χ3v) is 8.02. The predicted octanol–water partition coefficient (Wildman–Crippen LogP) is 1.58. The predicted molar refractivity (Wildman–Crippen MR) is 117 cm³/mol. The van der Waals surface area contributed by atoms with Gasteiger partial charge in [0.1, 0.15) is 0 Å². The minimum Gasteiger partial charge on any atom is -0.454 e. The lowest BCUT2D eigenvalue weighted by molar-refractivity contribution is -0.126. The van der Waals surface area contributed by atoms with Gasteiger partial charge in [0.2, 0.25) is 22.7 Å². The number of nitrogens with zero attached hydrogens (tertiary/aromatic N) is 2. The Bertz CT molecular complexity index is 1380. The maximum Gasteiger partial charge on any atom is 0.419 e. The van der Waals surface area contributed by atoms with Crippen LogP contribution in [0, 0.1) is 5.92 Å². The molecule has 0 radical (unpaired) electrons. The summed E-state index contributed by atoms with van der Waals surface area (Å²) < 4.78 is 44.6. The molecule has 11 heteroatoms. The number of aryl methyl sites for hydroxylation is 1. The van der Waals surface area contributed by atoms with Crippen LogP contribution in [0.1, 0.15) is 18.4 Å². The van der Waals surface area contributed by atoms with E-state index in [0.29, 0.717) is 36.4 Å². The molecular weight excluding hydrogens is 450 g/mol. The van der Waals surface area contributed by atoms with Gasteiger partial charge in [-0.1, -0.05) is 6.07 Å². The number of piperidine rings is 1. The van der Waals surface area contributed by atoms with Crippen LogP contribution >= 0.6 is 0 Å². The molecule has 0 unspecified atom stereocenters. The van der Waals surface area contributed by atoms with Crippen LogP contribution in [0.3, 0.4) is 0 Å². The Morgan fingerprint density at radius 1 is 1.09 bits per heavy atom. The fraction of sp³-hybridized carbons (Fsp3) is 0.364. The average molecular weight is 474 g/mol. The molecule has 3 heterocycles. The number of sulfonamides is 1. The summed E-state index contributed by atoms with van der Waals surface area (Å²) in [5.41, 5.74) is 1.65. The van der Waals surface area contributed by atoms with Gasteiger partial charge in [0, 0.05) is 38.7 Å². The van der Waals surface area contributed by atoms with Gasteiger partial charge in [-0.2, -0.15) is 4.31 Å². The third kappa shape index (κ3) is 3.98.